The van der Waals surface area contributed by atoms with Crippen LogP contribution in [0.4, 0.5) is 17.6 Å². The highest BCUT2D eigenvalue weighted by molar-refractivity contribution is 5.66. The molecule has 3 rings (SSSR count). The van der Waals surface area contributed by atoms with E-state index in [2.05, 4.69) is 6.92 Å². The van der Waals surface area contributed by atoms with Crippen molar-refractivity contribution < 1.29 is 17.6 Å². The summed E-state index contributed by atoms with van der Waals surface area (Å²) in [5.74, 6) is -3.14. The Hall–Kier alpha value is -1.84. The lowest BCUT2D eigenvalue weighted by atomic mass is 9.77. The van der Waals surface area contributed by atoms with Crippen molar-refractivity contribution in [2.75, 3.05) is 0 Å². The average molecular weight is 350 g/mol. The molecule has 0 spiro atoms. The molecule has 0 N–H and O–H groups in total. The first kappa shape index (κ1) is 18.0. The first-order valence-electron chi connectivity index (χ1n) is 8.86. The molecule has 0 atom stereocenters. The van der Waals surface area contributed by atoms with E-state index >= 15 is 0 Å². The smallest absolute Gasteiger partial charge is 0.169 e. The van der Waals surface area contributed by atoms with Crippen molar-refractivity contribution in [2.45, 2.75) is 51.9 Å². The Morgan fingerprint density at radius 1 is 0.880 bits per heavy atom. The molecular formula is C21H22F4. The molecule has 0 aromatic heterocycles. The van der Waals surface area contributed by atoms with E-state index in [1.165, 1.54) is 19.1 Å². The second-order valence-electron chi connectivity index (χ2n) is 7.04. The maximum absolute atomic E-state index is 14.6. The van der Waals surface area contributed by atoms with Crippen LogP contribution in [0.25, 0.3) is 11.1 Å². The van der Waals surface area contributed by atoms with Gasteiger partial charge in [0, 0.05) is 5.56 Å². The van der Waals surface area contributed by atoms with Crippen molar-refractivity contribution in [3.8, 4) is 11.1 Å². The summed E-state index contributed by atoms with van der Waals surface area (Å²) in [5.41, 5.74) is -0.158. The van der Waals surface area contributed by atoms with Gasteiger partial charge in [0.1, 0.15) is 11.6 Å². The Balaban J connectivity index is 1.93. The third-order valence-corrected chi connectivity index (χ3v) is 5.50. The normalized spacial score (nSPS) is 20.7. The second-order valence-corrected chi connectivity index (χ2v) is 7.04. The Kier molecular flexibility index (Phi) is 5.16. The highest BCUT2D eigenvalue weighted by Crippen LogP contribution is 2.39. The molecule has 0 radical (unpaired) electrons. The fourth-order valence-corrected chi connectivity index (χ4v) is 3.85. The summed E-state index contributed by atoms with van der Waals surface area (Å²) >= 11 is 0. The minimum atomic E-state index is -1.34. The predicted octanol–water partition coefficient (Wildman–Crippen LogP) is 6.90. The molecule has 0 unspecified atom stereocenters. The van der Waals surface area contributed by atoms with E-state index < -0.39 is 28.8 Å². The molecule has 4 heteroatoms. The fraction of sp³-hybridized carbons (Fsp3) is 0.429. The lowest BCUT2D eigenvalue weighted by molar-refractivity contribution is 0.318. The van der Waals surface area contributed by atoms with E-state index in [0.717, 1.165) is 49.7 Å². The summed E-state index contributed by atoms with van der Waals surface area (Å²) in [6.45, 7) is 3.46. The van der Waals surface area contributed by atoms with Crippen LogP contribution in [0.3, 0.4) is 0 Å². The fourth-order valence-electron chi connectivity index (χ4n) is 3.85. The molecule has 1 aliphatic rings. The van der Waals surface area contributed by atoms with Crippen LogP contribution in [0.15, 0.2) is 24.3 Å². The summed E-state index contributed by atoms with van der Waals surface area (Å²) in [6, 6.07) is 5.33. The molecule has 0 saturated heterocycles. The summed E-state index contributed by atoms with van der Waals surface area (Å²) in [6.07, 6.45) is 5.41. The maximum atomic E-state index is 14.6. The van der Waals surface area contributed by atoms with Crippen LogP contribution in [0, 0.1) is 36.1 Å². The minimum absolute atomic E-state index is 0.136. The molecule has 0 heterocycles. The Bertz CT molecular complexity index is 774. The van der Waals surface area contributed by atoms with Gasteiger partial charge in [-0.15, -0.1) is 0 Å². The van der Waals surface area contributed by atoms with Crippen molar-refractivity contribution in [1.29, 1.82) is 0 Å². The van der Waals surface area contributed by atoms with Gasteiger partial charge in [-0.25, -0.2) is 17.6 Å². The lowest BCUT2D eigenvalue weighted by Crippen LogP contribution is -2.13. The average Bonchev–Trinajstić information content (AvgIpc) is 2.61. The third kappa shape index (κ3) is 3.44. The van der Waals surface area contributed by atoms with Crippen LogP contribution in [0.5, 0.6) is 0 Å². The van der Waals surface area contributed by atoms with Gasteiger partial charge >= 0.3 is 0 Å². The van der Waals surface area contributed by atoms with E-state index in [1.54, 1.807) is 6.07 Å². The van der Waals surface area contributed by atoms with Gasteiger partial charge in [-0.3, -0.25) is 0 Å². The lowest BCUT2D eigenvalue weighted by Gasteiger charge is -2.28. The van der Waals surface area contributed by atoms with Gasteiger partial charge in [-0.05, 0) is 67.7 Å². The van der Waals surface area contributed by atoms with E-state index in [0.29, 0.717) is 0 Å². The zero-order valence-electron chi connectivity index (χ0n) is 14.5. The summed E-state index contributed by atoms with van der Waals surface area (Å²) in [4.78, 5) is 0. The molecule has 2 aromatic carbocycles. The predicted molar refractivity (Wildman–Crippen MR) is 91.4 cm³/mol. The van der Waals surface area contributed by atoms with E-state index in [4.69, 9.17) is 0 Å². The molecule has 0 bridgehead atoms. The Morgan fingerprint density at radius 3 is 2.16 bits per heavy atom. The van der Waals surface area contributed by atoms with Gasteiger partial charge in [0.2, 0.25) is 0 Å². The number of hydrogen-bond acceptors (Lipinski definition) is 0. The summed E-state index contributed by atoms with van der Waals surface area (Å²) in [5, 5.41) is 0. The third-order valence-electron chi connectivity index (χ3n) is 5.50. The number of aryl methyl sites for hydroxylation is 1. The van der Waals surface area contributed by atoms with Crippen LogP contribution in [0.2, 0.25) is 0 Å². The van der Waals surface area contributed by atoms with Gasteiger partial charge in [0.25, 0.3) is 0 Å². The van der Waals surface area contributed by atoms with E-state index in [-0.39, 0.29) is 17.0 Å². The standard InChI is InChI=1S/C21H22F4/c1-3-13-4-6-14(7-5-13)15-8-9-16(17(22)11-15)19-18(23)10-12(2)20(24)21(19)25/h8-11,13-14H,3-7H2,1-2H3/t13-,14-. The van der Waals surface area contributed by atoms with Crippen molar-refractivity contribution in [3.63, 3.8) is 0 Å². The van der Waals surface area contributed by atoms with Crippen molar-refractivity contribution in [2.24, 2.45) is 5.92 Å². The topological polar surface area (TPSA) is 0 Å². The van der Waals surface area contributed by atoms with Gasteiger partial charge in [0.05, 0.1) is 5.56 Å². The first-order valence-corrected chi connectivity index (χ1v) is 8.86. The molecule has 134 valence electrons. The van der Waals surface area contributed by atoms with E-state index in [1.807, 2.05) is 0 Å². The van der Waals surface area contributed by atoms with Crippen molar-refractivity contribution in [1.82, 2.24) is 0 Å². The molecular weight excluding hydrogens is 328 g/mol. The Morgan fingerprint density at radius 2 is 1.56 bits per heavy atom. The number of benzene rings is 2. The number of hydrogen-bond donors (Lipinski definition) is 0. The highest BCUT2D eigenvalue weighted by Gasteiger charge is 2.24. The van der Waals surface area contributed by atoms with Crippen LogP contribution in [0.1, 0.15) is 56.1 Å². The highest BCUT2D eigenvalue weighted by atomic mass is 19.2. The van der Waals surface area contributed by atoms with E-state index in [9.17, 15) is 17.6 Å². The quantitative estimate of drug-likeness (QED) is 0.417. The molecule has 0 aliphatic heterocycles. The molecule has 1 aliphatic carbocycles. The van der Waals surface area contributed by atoms with Crippen LogP contribution in [-0.2, 0) is 0 Å². The zero-order valence-corrected chi connectivity index (χ0v) is 14.5. The summed E-state index contributed by atoms with van der Waals surface area (Å²) < 4.78 is 56.6. The van der Waals surface area contributed by atoms with Gasteiger partial charge in [-0.2, -0.15) is 0 Å². The molecule has 1 fully saturated rings. The minimum Gasteiger partial charge on any atom is -0.206 e. The molecule has 1 saturated carbocycles. The van der Waals surface area contributed by atoms with Crippen LogP contribution >= 0.6 is 0 Å². The van der Waals surface area contributed by atoms with Crippen LogP contribution in [-0.4, -0.2) is 0 Å². The maximum Gasteiger partial charge on any atom is 0.169 e. The van der Waals surface area contributed by atoms with Gasteiger partial charge in [-0.1, -0.05) is 25.5 Å². The second kappa shape index (κ2) is 7.19. The number of halogens is 4. The number of rotatable bonds is 3. The monoisotopic (exact) mass is 350 g/mol. The van der Waals surface area contributed by atoms with Gasteiger partial charge in [0.15, 0.2) is 11.6 Å². The largest absolute Gasteiger partial charge is 0.206 e. The zero-order chi connectivity index (χ0) is 18.1. The SMILES string of the molecule is CC[C@H]1CC[C@H](c2ccc(-c3c(F)cc(C)c(F)c3F)c(F)c2)CC1. The summed E-state index contributed by atoms with van der Waals surface area (Å²) in [7, 11) is 0. The molecule has 2 aromatic rings. The molecule has 0 amide bonds. The first-order chi connectivity index (χ1) is 11.9. The van der Waals surface area contributed by atoms with Crippen molar-refractivity contribution >= 4 is 0 Å². The van der Waals surface area contributed by atoms with Gasteiger partial charge < -0.3 is 0 Å². The molecule has 0 nitrogen and oxygen atoms in total. The Labute approximate surface area is 145 Å². The van der Waals surface area contributed by atoms with Crippen molar-refractivity contribution in [3.05, 3.63) is 58.7 Å². The molecule has 25 heavy (non-hydrogen) atoms. The van der Waals surface area contributed by atoms with Crippen LogP contribution < -0.4 is 0 Å².